The first-order valence-corrected chi connectivity index (χ1v) is 4.15. The van der Waals surface area contributed by atoms with E-state index in [9.17, 15) is 9.90 Å². The molecule has 0 aromatic carbocycles. The summed E-state index contributed by atoms with van der Waals surface area (Å²) in [5.74, 6) is 0.330. The molecule has 0 aliphatic heterocycles. The maximum absolute atomic E-state index is 11.3. The van der Waals surface area contributed by atoms with Crippen LogP contribution in [0.15, 0.2) is 11.1 Å². The molecule has 0 saturated heterocycles. The van der Waals surface area contributed by atoms with Gasteiger partial charge in [0, 0.05) is 0 Å². The summed E-state index contributed by atoms with van der Waals surface area (Å²) in [6, 6.07) is 0. The zero-order chi connectivity index (χ0) is 10.3. The molecule has 0 spiro atoms. The minimum Gasteiger partial charge on any atom is -0.383 e. The lowest BCUT2D eigenvalue weighted by atomic mass is 10.1. The number of nitrogens with zero attached hydrogens (tertiary/aromatic N) is 2. The van der Waals surface area contributed by atoms with E-state index in [2.05, 4.69) is 19.9 Å². The Bertz CT molecular complexity index is 520. The van der Waals surface area contributed by atoms with Crippen LogP contribution in [0, 0.1) is 0 Å². The number of imidazole rings is 1. The quantitative estimate of drug-likeness (QED) is 0.589. The molecule has 0 fully saturated rings. The van der Waals surface area contributed by atoms with Gasteiger partial charge in [0.25, 0.3) is 5.56 Å². The van der Waals surface area contributed by atoms with Crippen LogP contribution in [0.4, 0.5) is 0 Å². The van der Waals surface area contributed by atoms with Crippen molar-refractivity contribution in [3.05, 3.63) is 22.5 Å². The average molecular weight is 194 g/mol. The van der Waals surface area contributed by atoms with Gasteiger partial charge in [-0.3, -0.25) is 4.79 Å². The van der Waals surface area contributed by atoms with Gasteiger partial charge in [0.15, 0.2) is 11.2 Å². The Kier molecular flexibility index (Phi) is 1.68. The van der Waals surface area contributed by atoms with Crippen LogP contribution in [0.25, 0.3) is 11.2 Å². The molecule has 0 saturated carbocycles. The van der Waals surface area contributed by atoms with E-state index >= 15 is 0 Å². The number of hydrogen-bond donors (Lipinski definition) is 3. The fraction of sp³-hybridized carbons (Fsp3) is 0.375. The first kappa shape index (κ1) is 8.89. The van der Waals surface area contributed by atoms with Gasteiger partial charge in [0.05, 0.1) is 6.33 Å². The average Bonchev–Trinajstić information content (AvgIpc) is 2.48. The van der Waals surface area contributed by atoms with Gasteiger partial charge in [-0.1, -0.05) is 0 Å². The van der Waals surface area contributed by atoms with E-state index in [0.717, 1.165) is 0 Å². The topological polar surface area (TPSA) is 94.7 Å². The Labute approximate surface area is 79.0 Å². The molecule has 74 valence electrons. The largest absolute Gasteiger partial charge is 0.383 e. The molecule has 2 heterocycles. The third-order valence-corrected chi connectivity index (χ3v) is 1.87. The Morgan fingerprint density at radius 1 is 1.50 bits per heavy atom. The van der Waals surface area contributed by atoms with Crippen molar-refractivity contribution in [2.24, 2.45) is 0 Å². The molecule has 3 N–H and O–H groups in total. The molecule has 2 rings (SSSR count). The highest BCUT2D eigenvalue weighted by Crippen LogP contribution is 2.16. The summed E-state index contributed by atoms with van der Waals surface area (Å²) in [6.45, 7) is 3.16. The summed E-state index contributed by atoms with van der Waals surface area (Å²) in [4.78, 5) is 24.3. The maximum Gasteiger partial charge on any atom is 0.276 e. The molecular weight excluding hydrogens is 184 g/mol. The molecule has 0 atom stereocenters. The van der Waals surface area contributed by atoms with Crippen molar-refractivity contribution in [3.8, 4) is 0 Å². The molecule has 14 heavy (non-hydrogen) atoms. The molecule has 0 amide bonds. The number of nitrogens with one attached hydrogen (secondary N) is 2. The van der Waals surface area contributed by atoms with Crippen molar-refractivity contribution in [1.82, 2.24) is 19.9 Å². The van der Waals surface area contributed by atoms with Crippen molar-refractivity contribution in [3.63, 3.8) is 0 Å². The SMILES string of the molecule is CC(C)(O)c1nc2nc[nH]c(=O)c2[nH]1. The van der Waals surface area contributed by atoms with Crippen LogP contribution in [-0.2, 0) is 5.60 Å². The fourth-order valence-electron chi connectivity index (χ4n) is 1.13. The predicted octanol–water partition coefficient (Wildman–Crippen LogP) is -0.126. The van der Waals surface area contributed by atoms with Crippen molar-refractivity contribution in [2.75, 3.05) is 0 Å². The highest BCUT2D eigenvalue weighted by atomic mass is 16.3. The van der Waals surface area contributed by atoms with Gasteiger partial charge in [-0.2, -0.15) is 0 Å². The number of hydrogen-bond acceptors (Lipinski definition) is 4. The minimum absolute atomic E-state index is 0.282. The molecular formula is C8H10N4O2. The molecule has 0 radical (unpaired) electrons. The zero-order valence-electron chi connectivity index (χ0n) is 7.83. The number of rotatable bonds is 1. The first-order valence-electron chi connectivity index (χ1n) is 4.15. The van der Waals surface area contributed by atoms with Crippen LogP contribution < -0.4 is 5.56 Å². The van der Waals surface area contributed by atoms with Crippen molar-refractivity contribution >= 4 is 11.2 Å². The van der Waals surface area contributed by atoms with Gasteiger partial charge in [0.2, 0.25) is 0 Å². The highest BCUT2D eigenvalue weighted by Gasteiger charge is 2.21. The molecule has 0 aliphatic carbocycles. The number of aromatic nitrogens is 4. The van der Waals surface area contributed by atoms with Gasteiger partial charge in [0.1, 0.15) is 11.4 Å². The van der Waals surface area contributed by atoms with E-state index in [0.29, 0.717) is 11.5 Å². The second kappa shape index (κ2) is 2.65. The highest BCUT2D eigenvalue weighted by molar-refractivity contribution is 5.68. The Morgan fingerprint density at radius 3 is 2.79 bits per heavy atom. The predicted molar refractivity (Wildman–Crippen MR) is 49.8 cm³/mol. The summed E-state index contributed by atoms with van der Waals surface area (Å²) >= 11 is 0. The van der Waals surface area contributed by atoms with E-state index in [1.54, 1.807) is 13.8 Å². The number of aromatic amines is 2. The molecule has 2 aromatic heterocycles. The first-order chi connectivity index (χ1) is 6.48. The Balaban J connectivity index is 2.75. The summed E-state index contributed by atoms with van der Waals surface area (Å²) in [5.41, 5.74) is -0.804. The number of H-pyrrole nitrogens is 2. The Hall–Kier alpha value is -1.69. The normalized spacial score (nSPS) is 12.2. The number of fused-ring (bicyclic) bond motifs is 1. The van der Waals surface area contributed by atoms with Gasteiger partial charge in [-0.15, -0.1) is 0 Å². The lowest BCUT2D eigenvalue weighted by Crippen LogP contribution is -2.17. The summed E-state index contributed by atoms with van der Waals surface area (Å²) in [5, 5.41) is 9.65. The lowest BCUT2D eigenvalue weighted by molar-refractivity contribution is 0.0700. The van der Waals surface area contributed by atoms with Gasteiger partial charge in [-0.25, -0.2) is 9.97 Å². The molecule has 2 aromatic rings. The van der Waals surface area contributed by atoms with Gasteiger partial charge < -0.3 is 15.1 Å². The molecule has 6 nitrogen and oxygen atoms in total. The van der Waals surface area contributed by atoms with Gasteiger partial charge >= 0.3 is 0 Å². The van der Waals surface area contributed by atoms with E-state index in [4.69, 9.17) is 0 Å². The van der Waals surface area contributed by atoms with Crippen molar-refractivity contribution < 1.29 is 5.11 Å². The maximum atomic E-state index is 11.3. The lowest BCUT2D eigenvalue weighted by Gasteiger charge is -2.12. The molecule has 0 unspecified atom stereocenters. The summed E-state index contributed by atoms with van der Waals surface area (Å²) in [7, 11) is 0. The third kappa shape index (κ3) is 1.29. The zero-order valence-corrected chi connectivity index (χ0v) is 7.83. The van der Waals surface area contributed by atoms with Crippen LogP contribution in [0.2, 0.25) is 0 Å². The van der Waals surface area contributed by atoms with E-state index in [1.807, 2.05) is 0 Å². The van der Waals surface area contributed by atoms with E-state index in [1.165, 1.54) is 6.33 Å². The van der Waals surface area contributed by atoms with Crippen LogP contribution in [0.1, 0.15) is 19.7 Å². The molecule has 6 heteroatoms. The standard InChI is InChI=1S/C8H10N4O2/c1-8(2,14)7-11-4-5(12-7)9-3-10-6(4)13/h3,14H,1-2H3,(H2,9,10,11,12,13). The summed E-state index contributed by atoms with van der Waals surface area (Å²) < 4.78 is 0. The van der Waals surface area contributed by atoms with Crippen LogP contribution >= 0.6 is 0 Å². The monoisotopic (exact) mass is 194 g/mol. The van der Waals surface area contributed by atoms with E-state index in [-0.39, 0.29) is 11.1 Å². The Morgan fingerprint density at radius 2 is 2.21 bits per heavy atom. The van der Waals surface area contributed by atoms with Crippen LogP contribution in [0.5, 0.6) is 0 Å². The van der Waals surface area contributed by atoms with E-state index < -0.39 is 5.60 Å². The second-order valence-electron chi connectivity index (χ2n) is 3.57. The minimum atomic E-state index is -1.10. The second-order valence-corrected chi connectivity index (χ2v) is 3.57. The fourth-order valence-corrected chi connectivity index (χ4v) is 1.13. The number of aliphatic hydroxyl groups is 1. The smallest absolute Gasteiger partial charge is 0.276 e. The van der Waals surface area contributed by atoms with Crippen LogP contribution in [0.3, 0.4) is 0 Å². The van der Waals surface area contributed by atoms with Gasteiger partial charge in [-0.05, 0) is 13.8 Å². The van der Waals surface area contributed by atoms with Crippen LogP contribution in [-0.4, -0.2) is 25.0 Å². The molecule has 0 bridgehead atoms. The van der Waals surface area contributed by atoms with Crippen molar-refractivity contribution in [2.45, 2.75) is 19.4 Å². The summed E-state index contributed by atoms with van der Waals surface area (Å²) in [6.07, 6.45) is 1.28. The third-order valence-electron chi connectivity index (χ3n) is 1.87. The molecule has 0 aliphatic rings. The van der Waals surface area contributed by atoms with Crippen molar-refractivity contribution in [1.29, 1.82) is 0 Å².